The van der Waals surface area contributed by atoms with Crippen LogP contribution in [-0.4, -0.2) is 22.8 Å². The first-order valence-electron chi connectivity index (χ1n) is 21.6. The number of rotatable bonds is 23. The Morgan fingerprint density at radius 1 is 0.729 bits per heavy atom. The molecule has 3 saturated carbocycles. The highest BCUT2D eigenvalue weighted by Gasteiger charge is 2.59. The molecule has 48 heavy (non-hydrogen) atoms. The fourth-order valence-corrected chi connectivity index (χ4v) is 12.2. The third-order valence-electron chi connectivity index (χ3n) is 15.2. The van der Waals surface area contributed by atoms with E-state index < -0.39 is 5.97 Å². The van der Waals surface area contributed by atoms with E-state index in [-0.39, 0.29) is 5.92 Å². The summed E-state index contributed by atoms with van der Waals surface area (Å²) in [6, 6.07) is 0. The average molecular weight is 669 g/mol. The van der Waals surface area contributed by atoms with Crippen molar-refractivity contribution < 1.29 is 15.0 Å². The van der Waals surface area contributed by atoms with Crippen molar-refractivity contribution >= 4 is 5.97 Å². The van der Waals surface area contributed by atoms with E-state index in [9.17, 15) is 9.90 Å². The van der Waals surface area contributed by atoms with E-state index in [2.05, 4.69) is 40.7 Å². The lowest BCUT2D eigenvalue weighted by Gasteiger charge is -2.59. The number of fused-ring (bicyclic) bond motifs is 5. The van der Waals surface area contributed by atoms with Crippen molar-refractivity contribution in [2.45, 2.75) is 202 Å². The van der Waals surface area contributed by atoms with Crippen molar-refractivity contribution in [3.63, 3.8) is 0 Å². The number of hydrogen-bond donors (Lipinski definition) is 2. The van der Waals surface area contributed by atoms with Gasteiger partial charge in [-0.15, -0.1) is 0 Å². The molecule has 0 saturated heterocycles. The van der Waals surface area contributed by atoms with Crippen LogP contribution in [0.4, 0.5) is 0 Å². The third kappa shape index (κ3) is 10.4. The Labute approximate surface area is 298 Å². The molecular weight excluding hydrogens is 588 g/mol. The smallest absolute Gasteiger partial charge is 0.306 e. The monoisotopic (exact) mass is 669 g/mol. The maximum absolute atomic E-state index is 12.6. The molecule has 4 aliphatic carbocycles. The van der Waals surface area contributed by atoms with E-state index in [1.54, 1.807) is 5.57 Å². The number of aliphatic carboxylic acids is 1. The number of aliphatic hydroxyl groups is 1. The van der Waals surface area contributed by atoms with Crippen LogP contribution < -0.4 is 0 Å². The Morgan fingerprint density at radius 2 is 1.33 bits per heavy atom. The first-order chi connectivity index (χ1) is 23.1. The van der Waals surface area contributed by atoms with Crippen LogP contribution in [0.1, 0.15) is 202 Å². The van der Waals surface area contributed by atoms with Crippen molar-refractivity contribution in [1.29, 1.82) is 0 Å². The van der Waals surface area contributed by atoms with Crippen LogP contribution in [0.15, 0.2) is 11.6 Å². The van der Waals surface area contributed by atoms with Crippen LogP contribution in [0.25, 0.3) is 0 Å². The first kappa shape index (κ1) is 39.9. The highest BCUT2D eigenvalue weighted by Crippen LogP contribution is 2.67. The number of carbonyl (C=O) groups is 1. The van der Waals surface area contributed by atoms with Crippen LogP contribution in [0, 0.1) is 58.2 Å². The molecule has 4 rings (SSSR count). The number of carboxylic acids is 1. The fourth-order valence-electron chi connectivity index (χ4n) is 12.2. The highest BCUT2D eigenvalue weighted by atomic mass is 16.4. The summed E-state index contributed by atoms with van der Waals surface area (Å²) in [7, 11) is 0. The summed E-state index contributed by atoms with van der Waals surface area (Å²) in [5.41, 5.74) is 2.51. The summed E-state index contributed by atoms with van der Waals surface area (Å²) in [4.78, 5) is 12.6. The molecule has 3 nitrogen and oxygen atoms in total. The van der Waals surface area contributed by atoms with Crippen LogP contribution in [0.5, 0.6) is 0 Å². The molecule has 0 heterocycles. The zero-order valence-electron chi connectivity index (χ0n) is 32.6. The molecule has 0 bridgehead atoms. The van der Waals surface area contributed by atoms with Gasteiger partial charge in [0.25, 0.3) is 0 Å². The van der Waals surface area contributed by atoms with Gasteiger partial charge in [-0.25, -0.2) is 0 Å². The third-order valence-corrected chi connectivity index (χ3v) is 15.2. The summed E-state index contributed by atoms with van der Waals surface area (Å²) in [6.07, 6.45) is 35.9. The van der Waals surface area contributed by atoms with Gasteiger partial charge in [0.05, 0.1) is 5.92 Å². The minimum absolute atomic E-state index is 0.153. The average Bonchev–Trinajstić information content (AvgIpc) is 3.41. The Bertz CT molecular complexity index is 969. The predicted molar refractivity (Wildman–Crippen MR) is 204 cm³/mol. The maximum Gasteiger partial charge on any atom is 0.306 e. The van der Waals surface area contributed by atoms with E-state index in [0.29, 0.717) is 23.4 Å². The number of allylic oxidation sites excluding steroid dienone is 2. The molecule has 0 aliphatic heterocycles. The summed E-state index contributed by atoms with van der Waals surface area (Å²) in [6.45, 7) is 13.0. The van der Waals surface area contributed by atoms with E-state index >= 15 is 0 Å². The van der Waals surface area contributed by atoms with E-state index in [1.807, 2.05) is 0 Å². The van der Waals surface area contributed by atoms with Crippen molar-refractivity contribution in [3.05, 3.63) is 11.6 Å². The molecule has 4 aliphatic rings. The van der Waals surface area contributed by atoms with E-state index in [1.165, 1.54) is 135 Å². The second-order valence-electron chi connectivity index (χ2n) is 18.7. The largest absolute Gasteiger partial charge is 0.481 e. The summed E-state index contributed by atoms with van der Waals surface area (Å²) in [5.74, 6) is 4.82. The molecule has 5 unspecified atom stereocenters. The standard InChI is InChI=1S/C45H80O3/c1-34(2)21-20-22-35(3)40-26-27-41-39-25-24-37-33-36(28-30-44(37,4)42(39)29-31-45(40,41)5)38(43(47)48)23-18-16-14-12-10-8-6-7-9-11-13-15-17-19-32-46/h24,34-36,38-42,46H,6-23,25-33H2,1-5H3,(H,47,48)/t35-,36?,38?,39?,40-,41?,42?,44+,45-/m1/s1. The fraction of sp³-hybridized carbons (Fsp3) is 0.933. The number of hydrogen-bond acceptors (Lipinski definition) is 2. The Hall–Kier alpha value is -0.830. The lowest BCUT2D eigenvalue weighted by atomic mass is 9.46. The molecular formula is C45H80O3. The Kier molecular flexibility index (Phi) is 16.4. The molecule has 0 amide bonds. The van der Waals surface area contributed by atoms with Crippen LogP contribution in [0.2, 0.25) is 0 Å². The van der Waals surface area contributed by atoms with Crippen LogP contribution >= 0.6 is 0 Å². The molecule has 3 fully saturated rings. The SMILES string of the molecule is CC(C)CCC[C@@H](C)[C@H]1CCC2C3CC=C4CC(C(CCCCCCCCCCCCCCCCO)C(=O)O)CC[C@]4(C)C3CC[C@@]21C. The van der Waals surface area contributed by atoms with Crippen LogP contribution in [-0.2, 0) is 4.79 Å². The van der Waals surface area contributed by atoms with Gasteiger partial charge >= 0.3 is 5.97 Å². The topological polar surface area (TPSA) is 57.5 Å². The number of aliphatic hydroxyl groups excluding tert-OH is 1. The highest BCUT2D eigenvalue weighted by molar-refractivity contribution is 5.70. The Balaban J connectivity index is 1.18. The molecule has 0 aromatic heterocycles. The maximum atomic E-state index is 12.6. The van der Waals surface area contributed by atoms with Gasteiger partial charge in [0.15, 0.2) is 0 Å². The molecule has 0 radical (unpaired) electrons. The van der Waals surface area contributed by atoms with Gasteiger partial charge in [0.2, 0.25) is 0 Å². The molecule has 9 atom stereocenters. The van der Waals surface area contributed by atoms with Gasteiger partial charge in [-0.05, 0) is 116 Å². The van der Waals surface area contributed by atoms with Crippen molar-refractivity contribution in [3.8, 4) is 0 Å². The van der Waals surface area contributed by atoms with Crippen LogP contribution in [0.3, 0.4) is 0 Å². The zero-order valence-corrected chi connectivity index (χ0v) is 32.6. The molecule has 3 heteroatoms. The van der Waals surface area contributed by atoms with E-state index in [4.69, 9.17) is 5.11 Å². The minimum atomic E-state index is -0.528. The Morgan fingerprint density at radius 3 is 1.92 bits per heavy atom. The summed E-state index contributed by atoms with van der Waals surface area (Å²) in [5, 5.41) is 19.2. The molecule has 0 aromatic carbocycles. The van der Waals surface area contributed by atoms with Gasteiger partial charge in [0.1, 0.15) is 0 Å². The second kappa shape index (κ2) is 19.7. The lowest BCUT2D eigenvalue weighted by Crippen LogP contribution is -2.51. The van der Waals surface area contributed by atoms with Gasteiger partial charge in [-0.3, -0.25) is 4.79 Å². The quantitative estimate of drug-likeness (QED) is 0.0841. The van der Waals surface area contributed by atoms with Crippen molar-refractivity contribution in [2.24, 2.45) is 58.2 Å². The first-order valence-corrected chi connectivity index (χ1v) is 21.6. The molecule has 0 aromatic rings. The molecule has 278 valence electrons. The van der Waals surface area contributed by atoms with Crippen molar-refractivity contribution in [1.82, 2.24) is 0 Å². The minimum Gasteiger partial charge on any atom is -0.481 e. The number of unbranched alkanes of at least 4 members (excludes halogenated alkanes) is 13. The predicted octanol–water partition coefficient (Wildman–Crippen LogP) is 13.2. The number of carboxylic acid groups (broad SMARTS) is 1. The second-order valence-corrected chi connectivity index (χ2v) is 18.7. The van der Waals surface area contributed by atoms with Crippen molar-refractivity contribution in [2.75, 3.05) is 6.61 Å². The molecule has 0 spiro atoms. The lowest BCUT2D eigenvalue weighted by molar-refractivity contribution is -0.145. The van der Waals surface area contributed by atoms with Gasteiger partial charge in [-0.2, -0.15) is 0 Å². The van der Waals surface area contributed by atoms with E-state index in [0.717, 1.165) is 67.6 Å². The molecule has 2 N–H and O–H groups in total. The summed E-state index contributed by atoms with van der Waals surface area (Å²) < 4.78 is 0. The summed E-state index contributed by atoms with van der Waals surface area (Å²) >= 11 is 0. The van der Waals surface area contributed by atoms with Gasteiger partial charge in [-0.1, -0.05) is 149 Å². The zero-order chi connectivity index (χ0) is 34.6. The van der Waals surface area contributed by atoms with Gasteiger partial charge in [0, 0.05) is 6.61 Å². The van der Waals surface area contributed by atoms with Gasteiger partial charge < -0.3 is 10.2 Å². The normalized spacial score (nSPS) is 32.7.